The molecule has 144 valence electrons. The highest BCUT2D eigenvalue weighted by Crippen LogP contribution is 2.26. The Hall–Kier alpha value is -2.34. The summed E-state index contributed by atoms with van der Waals surface area (Å²) >= 11 is 0. The Balaban J connectivity index is 2.93. The molecular weight excluding hydrogens is 352 g/mol. The highest BCUT2D eigenvalue weighted by atomic mass is 16.5. The zero-order valence-corrected chi connectivity index (χ0v) is 13.7. The van der Waals surface area contributed by atoms with Crippen LogP contribution >= 0.6 is 0 Å². The van der Waals surface area contributed by atoms with E-state index in [0.29, 0.717) is 11.6 Å². The predicted molar refractivity (Wildman–Crippen MR) is 86.0 cm³/mol. The van der Waals surface area contributed by atoms with Gasteiger partial charge in [0.1, 0.15) is 18.3 Å². The van der Waals surface area contributed by atoms with E-state index < -0.39 is 42.3 Å². The van der Waals surface area contributed by atoms with Crippen molar-refractivity contribution in [3.8, 4) is 11.5 Å². The standard InChI is InChI=1S/C16H20O10/c1-26-12-6-8(2-4-9(12)18)3-5-10(19)14(22)16(24,25)15(23)13(21)11(20)7-17/h2-6,11,13,15,17-18,20-21,23-25H,7H2,1H3/b5-3+/t11-,13-,15+/m1/s1. The van der Waals surface area contributed by atoms with E-state index in [1.165, 1.54) is 25.3 Å². The topological polar surface area (TPSA) is 185 Å². The largest absolute Gasteiger partial charge is 0.504 e. The molecule has 0 amide bonds. The smallest absolute Gasteiger partial charge is 0.264 e. The van der Waals surface area contributed by atoms with Gasteiger partial charge in [-0.25, -0.2) is 0 Å². The fourth-order valence-electron chi connectivity index (χ4n) is 1.92. The van der Waals surface area contributed by atoms with Gasteiger partial charge in [-0.1, -0.05) is 12.1 Å². The SMILES string of the molecule is COc1cc(/C=C/C(=O)C(=O)C(O)(O)[C@@H](O)[C@H](O)[C@H](O)CO)ccc1O. The number of ether oxygens (including phenoxy) is 1. The van der Waals surface area contributed by atoms with Gasteiger partial charge in [-0.15, -0.1) is 0 Å². The quantitative estimate of drug-likeness (QED) is 0.137. The maximum Gasteiger partial charge on any atom is 0.264 e. The summed E-state index contributed by atoms with van der Waals surface area (Å²) in [6.07, 6.45) is -5.12. The molecule has 0 fully saturated rings. The summed E-state index contributed by atoms with van der Waals surface area (Å²) in [5.41, 5.74) is 0.332. The number of Topliss-reactive ketones (excluding diaryl/α,β-unsaturated/α-hetero) is 1. The number of hydrogen-bond donors (Lipinski definition) is 7. The van der Waals surface area contributed by atoms with Crippen molar-refractivity contribution in [2.24, 2.45) is 0 Å². The third-order valence-corrected chi connectivity index (χ3v) is 3.51. The maximum atomic E-state index is 11.8. The number of allylic oxidation sites excluding steroid dienone is 1. The Kier molecular flexibility index (Phi) is 7.39. The number of aliphatic hydroxyl groups excluding tert-OH is 4. The molecule has 0 spiro atoms. The van der Waals surface area contributed by atoms with Crippen molar-refractivity contribution in [3.05, 3.63) is 29.8 Å². The van der Waals surface area contributed by atoms with Gasteiger partial charge in [-0.3, -0.25) is 9.59 Å². The van der Waals surface area contributed by atoms with E-state index in [4.69, 9.17) is 9.84 Å². The molecule has 1 rings (SSSR count). The Morgan fingerprint density at radius 1 is 1.23 bits per heavy atom. The van der Waals surface area contributed by atoms with Gasteiger partial charge in [-0.2, -0.15) is 0 Å². The lowest BCUT2D eigenvalue weighted by atomic mass is 9.94. The molecule has 0 unspecified atom stereocenters. The van der Waals surface area contributed by atoms with Gasteiger partial charge in [0.15, 0.2) is 11.5 Å². The molecule has 0 heterocycles. The molecule has 0 saturated heterocycles. The highest BCUT2D eigenvalue weighted by molar-refractivity contribution is 6.44. The minimum Gasteiger partial charge on any atom is -0.504 e. The van der Waals surface area contributed by atoms with Gasteiger partial charge < -0.3 is 40.5 Å². The van der Waals surface area contributed by atoms with Crippen LogP contribution in [-0.2, 0) is 9.59 Å². The highest BCUT2D eigenvalue weighted by Gasteiger charge is 2.48. The Morgan fingerprint density at radius 3 is 2.38 bits per heavy atom. The van der Waals surface area contributed by atoms with Crippen LogP contribution in [0.25, 0.3) is 6.08 Å². The van der Waals surface area contributed by atoms with Crippen LogP contribution in [0, 0.1) is 0 Å². The van der Waals surface area contributed by atoms with Crippen LogP contribution in [0.1, 0.15) is 5.56 Å². The van der Waals surface area contributed by atoms with Gasteiger partial charge >= 0.3 is 0 Å². The lowest BCUT2D eigenvalue weighted by Gasteiger charge is -2.30. The number of aromatic hydroxyl groups is 1. The average molecular weight is 372 g/mol. The number of phenols is 1. The summed E-state index contributed by atoms with van der Waals surface area (Å²) in [5, 5.41) is 65.6. The number of carbonyl (C=O) groups excluding carboxylic acids is 2. The number of benzene rings is 1. The molecule has 1 aromatic rings. The molecule has 3 atom stereocenters. The number of carbonyl (C=O) groups is 2. The fourth-order valence-corrected chi connectivity index (χ4v) is 1.92. The van der Waals surface area contributed by atoms with Crippen LogP contribution in [0.15, 0.2) is 24.3 Å². The third-order valence-electron chi connectivity index (χ3n) is 3.51. The summed E-state index contributed by atoms with van der Waals surface area (Å²) in [6.45, 7) is -1.03. The second kappa shape index (κ2) is 8.85. The van der Waals surface area contributed by atoms with Crippen molar-refractivity contribution in [2.45, 2.75) is 24.1 Å². The number of methoxy groups -OCH3 is 1. The number of phenolic OH excluding ortho intramolecular Hbond substituents is 1. The molecule has 0 aliphatic heterocycles. The zero-order valence-electron chi connectivity index (χ0n) is 13.7. The summed E-state index contributed by atoms with van der Waals surface area (Å²) in [6, 6.07) is 3.99. The van der Waals surface area contributed by atoms with E-state index in [2.05, 4.69) is 0 Å². The first-order valence-electron chi connectivity index (χ1n) is 7.29. The summed E-state index contributed by atoms with van der Waals surface area (Å²) in [4.78, 5) is 23.6. The van der Waals surface area contributed by atoms with Crippen LogP contribution in [0.4, 0.5) is 0 Å². The predicted octanol–water partition coefficient (Wildman–Crippen LogP) is -2.69. The molecule has 0 radical (unpaired) electrons. The molecule has 26 heavy (non-hydrogen) atoms. The number of ketones is 2. The average Bonchev–Trinajstić information content (AvgIpc) is 2.64. The van der Waals surface area contributed by atoms with Crippen LogP contribution < -0.4 is 4.74 Å². The molecule has 0 aliphatic rings. The van der Waals surface area contributed by atoms with Crippen molar-refractivity contribution in [2.75, 3.05) is 13.7 Å². The monoisotopic (exact) mass is 372 g/mol. The first-order chi connectivity index (χ1) is 12.1. The Morgan fingerprint density at radius 2 is 1.85 bits per heavy atom. The Bertz CT molecular complexity index is 682. The van der Waals surface area contributed by atoms with Gasteiger partial charge in [0, 0.05) is 0 Å². The van der Waals surface area contributed by atoms with E-state index in [1.807, 2.05) is 0 Å². The van der Waals surface area contributed by atoms with Crippen molar-refractivity contribution in [3.63, 3.8) is 0 Å². The van der Waals surface area contributed by atoms with Gasteiger partial charge in [-0.05, 0) is 23.8 Å². The minimum atomic E-state index is -3.69. The maximum absolute atomic E-state index is 11.8. The van der Waals surface area contributed by atoms with Gasteiger partial charge in [0.25, 0.3) is 11.6 Å². The first-order valence-corrected chi connectivity index (χ1v) is 7.29. The second-order valence-electron chi connectivity index (χ2n) is 5.37. The van der Waals surface area contributed by atoms with Gasteiger partial charge in [0.2, 0.25) is 5.78 Å². The molecule has 1 aromatic carbocycles. The lowest BCUT2D eigenvalue weighted by Crippen LogP contribution is -2.59. The summed E-state index contributed by atoms with van der Waals surface area (Å²) in [5.74, 6) is -7.04. The van der Waals surface area contributed by atoms with Crippen molar-refractivity contribution in [1.82, 2.24) is 0 Å². The normalized spacial score (nSPS) is 15.5. The number of aliphatic hydroxyl groups is 6. The Labute approximate surface area is 147 Å². The van der Waals surface area contributed by atoms with E-state index in [-0.39, 0.29) is 11.5 Å². The molecule has 0 aromatic heterocycles. The third kappa shape index (κ3) is 4.85. The minimum absolute atomic E-state index is 0.0983. The van der Waals surface area contributed by atoms with Crippen LogP contribution in [0.3, 0.4) is 0 Å². The summed E-state index contributed by atoms with van der Waals surface area (Å²) in [7, 11) is 1.30. The van der Waals surface area contributed by atoms with E-state index in [9.17, 15) is 40.2 Å². The van der Waals surface area contributed by atoms with Crippen LogP contribution in [0.5, 0.6) is 11.5 Å². The molecule has 0 aliphatic carbocycles. The van der Waals surface area contributed by atoms with E-state index in [0.717, 1.165) is 6.08 Å². The molecule has 10 nitrogen and oxygen atoms in total. The van der Waals surface area contributed by atoms with E-state index >= 15 is 0 Å². The van der Waals surface area contributed by atoms with Crippen LogP contribution in [0.2, 0.25) is 0 Å². The number of rotatable bonds is 9. The summed E-state index contributed by atoms with van der Waals surface area (Å²) < 4.78 is 4.86. The molecule has 10 heteroatoms. The molecule has 7 N–H and O–H groups in total. The van der Waals surface area contributed by atoms with Crippen molar-refractivity contribution < 1.29 is 50.1 Å². The van der Waals surface area contributed by atoms with Crippen molar-refractivity contribution >= 4 is 17.6 Å². The van der Waals surface area contributed by atoms with Crippen LogP contribution in [-0.4, -0.2) is 85.1 Å². The van der Waals surface area contributed by atoms with E-state index in [1.54, 1.807) is 0 Å². The number of hydrogen-bond acceptors (Lipinski definition) is 10. The van der Waals surface area contributed by atoms with Gasteiger partial charge in [0.05, 0.1) is 13.7 Å². The molecule has 0 bridgehead atoms. The second-order valence-corrected chi connectivity index (χ2v) is 5.37. The zero-order chi connectivity index (χ0) is 20.1. The first kappa shape index (κ1) is 21.7. The molecule has 0 saturated carbocycles. The van der Waals surface area contributed by atoms with Crippen molar-refractivity contribution in [1.29, 1.82) is 0 Å². The molecular formula is C16H20O10. The lowest BCUT2D eigenvalue weighted by molar-refractivity contribution is -0.244. The fraction of sp³-hybridized carbons (Fsp3) is 0.375.